The van der Waals surface area contributed by atoms with E-state index in [0.29, 0.717) is 34.4 Å². The van der Waals surface area contributed by atoms with Crippen LogP contribution in [0.25, 0.3) is 5.57 Å². The van der Waals surface area contributed by atoms with Crippen molar-refractivity contribution in [2.24, 2.45) is 0 Å². The molecule has 8 nitrogen and oxygen atoms in total. The zero-order valence-corrected chi connectivity index (χ0v) is 27.5. The Morgan fingerprint density at radius 2 is 1.23 bits per heavy atom. The van der Waals surface area contributed by atoms with E-state index >= 15 is 0 Å². The van der Waals surface area contributed by atoms with Crippen molar-refractivity contribution in [2.45, 2.75) is 58.3 Å². The van der Waals surface area contributed by atoms with Gasteiger partial charge in [0.05, 0.1) is 19.3 Å². The standard InChI is InChI=1S/C23H18O4.C11H20O2.C5H8O2/c24-22(25)20(18-14-8-3-9-15-18)21(23(26)27)19(16-10-4-1-5-11-16)17-12-6-2-7-13-17;1-3-5-6-7-8-9-10-13-11(12)4-2;1-4(2)5(6)7-3/h1-15,20H,(H,24,25)(H,26,27);4H,2-3,5-10H2,1H3;1H2,2-3H3. The summed E-state index contributed by atoms with van der Waals surface area (Å²) in [6, 6.07) is 26.5. The van der Waals surface area contributed by atoms with Gasteiger partial charge in [0.1, 0.15) is 5.92 Å². The molecule has 0 aliphatic heterocycles. The molecule has 250 valence electrons. The number of benzene rings is 3. The maximum atomic E-state index is 12.3. The smallest absolute Gasteiger partial charge is 0.333 e. The number of carbonyl (C=O) groups excluding carboxylic acids is 2. The first-order chi connectivity index (χ1) is 22.6. The van der Waals surface area contributed by atoms with E-state index in [4.69, 9.17) is 4.74 Å². The van der Waals surface area contributed by atoms with Crippen LogP contribution in [-0.2, 0) is 28.7 Å². The lowest BCUT2D eigenvalue weighted by molar-refractivity contribution is -0.141. The molecule has 0 saturated carbocycles. The first kappa shape index (κ1) is 39.8. The predicted octanol–water partition coefficient (Wildman–Crippen LogP) is 8.25. The molecule has 3 aromatic rings. The number of methoxy groups -OCH3 is 1. The van der Waals surface area contributed by atoms with Crippen LogP contribution < -0.4 is 0 Å². The van der Waals surface area contributed by atoms with Crippen LogP contribution in [0.3, 0.4) is 0 Å². The normalized spacial score (nSPS) is 10.4. The highest BCUT2D eigenvalue weighted by molar-refractivity contribution is 6.07. The fraction of sp³-hybridized carbons (Fsp3) is 0.282. The van der Waals surface area contributed by atoms with E-state index in [-0.39, 0.29) is 17.5 Å². The average Bonchev–Trinajstić information content (AvgIpc) is 3.08. The predicted molar refractivity (Wildman–Crippen MR) is 185 cm³/mol. The van der Waals surface area contributed by atoms with Gasteiger partial charge in [0.25, 0.3) is 0 Å². The molecule has 0 heterocycles. The molecule has 2 N–H and O–H groups in total. The Hall–Kier alpha value is -5.24. The van der Waals surface area contributed by atoms with Gasteiger partial charge in [-0.25, -0.2) is 14.4 Å². The molecule has 0 radical (unpaired) electrons. The third kappa shape index (κ3) is 15.1. The highest BCUT2D eigenvalue weighted by atomic mass is 16.5. The van der Waals surface area contributed by atoms with Crippen LogP contribution in [0.4, 0.5) is 0 Å². The molecule has 0 saturated heterocycles. The molecule has 47 heavy (non-hydrogen) atoms. The number of carboxylic acids is 2. The minimum Gasteiger partial charge on any atom is -0.481 e. The van der Waals surface area contributed by atoms with E-state index in [9.17, 15) is 29.4 Å². The Balaban J connectivity index is 0.000000459. The number of hydrogen-bond donors (Lipinski definition) is 2. The topological polar surface area (TPSA) is 127 Å². The number of esters is 2. The van der Waals surface area contributed by atoms with Crippen molar-refractivity contribution in [1.82, 2.24) is 0 Å². The van der Waals surface area contributed by atoms with Crippen molar-refractivity contribution in [3.8, 4) is 0 Å². The number of unbranched alkanes of at least 4 members (excludes halogenated alkanes) is 5. The van der Waals surface area contributed by atoms with E-state index in [1.165, 1.54) is 38.9 Å². The van der Waals surface area contributed by atoms with Crippen molar-refractivity contribution in [1.29, 1.82) is 0 Å². The maximum absolute atomic E-state index is 12.3. The lowest BCUT2D eigenvalue weighted by Crippen LogP contribution is -2.21. The van der Waals surface area contributed by atoms with Gasteiger partial charge in [0, 0.05) is 17.2 Å². The summed E-state index contributed by atoms with van der Waals surface area (Å²) in [6.07, 6.45) is 8.47. The zero-order chi connectivity index (χ0) is 35.0. The number of hydrogen-bond acceptors (Lipinski definition) is 6. The maximum Gasteiger partial charge on any atom is 0.333 e. The van der Waals surface area contributed by atoms with Crippen LogP contribution in [-0.4, -0.2) is 47.8 Å². The minimum atomic E-state index is -1.29. The van der Waals surface area contributed by atoms with Crippen LogP contribution in [0.5, 0.6) is 0 Å². The van der Waals surface area contributed by atoms with Crippen molar-refractivity contribution < 1.29 is 38.9 Å². The van der Waals surface area contributed by atoms with Gasteiger partial charge in [0.2, 0.25) is 0 Å². The van der Waals surface area contributed by atoms with Gasteiger partial charge in [-0.3, -0.25) is 4.79 Å². The molecule has 0 aliphatic carbocycles. The minimum absolute atomic E-state index is 0.161. The SMILES string of the molecule is C=C(C)C(=O)OC.C=CC(=O)OCCCCCCCC.O=C(O)C(=C(c1ccccc1)c1ccccc1)C(C(=O)O)c1ccccc1. The van der Waals surface area contributed by atoms with Gasteiger partial charge >= 0.3 is 23.9 Å². The van der Waals surface area contributed by atoms with E-state index in [1.54, 1.807) is 85.8 Å². The van der Waals surface area contributed by atoms with Gasteiger partial charge in [-0.15, -0.1) is 0 Å². The second kappa shape index (κ2) is 23.1. The molecule has 1 atom stereocenters. The molecule has 0 spiro atoms. The summed E-state index contributed by atoms with van der Waals surface area (Å²) in [5.41, 5.74) is 2.41. The van der Waals surface area contributed by atoms with E-state index in [2.05, 4.69) is 24.8 Å². The fourth-order valence-electron chi connectivity index (χ4n) is 4.43. The number of aliphatic carboxylic acids is 2. The third-order valence-electron chi connectivity index (χ3n) is 6.74. The van der Waals surface area contributed by atoms with Gasteiger partial charge in [-0.05, 0) is 30.0 Å². The van der Waals surface area contributed by atoms with Crippen LogP contribution >= 0.6 is 0 Å². The summed E-state index contributed by atoms with van der Waals surface area (Å²) < 4.78 is 9.11. The van der Waals surface area contributed by atoms with Crippen molar-refractivity contribution in [3.05, 3.63) is 138 Å². The summed E-state index contributed by atoms with van der Waals surface area (Å²) in [5.74, 6) is -4.41. The number of carbonyl (C=O) groups is 4. The summed E-state index contributed by atoms with van der Waals surface area (Å²) in [4.78, 5) is 45.2. The quantitative estimate of drug-likeness (QED) is 0.0964. The molecular weight excluding hydrogens is 596 g/mol. The second-order valence-corrected chi connectivity index (χ2v) is 10.4. The first-order valence-corrected chi connectivity index (χ1v) is 15.5. The Labute approximate surface area is 278 Å². The van der Waals surface area contributed by atoms with Crippen molar-refractivity contribution >= 4 is 29.5 Å². The number of ether oxygens (including phenoxy) is 2. The summed E-state index contributed by atoms with van der Waals surface area (Å²) in [5, 5.41) is 19.9. The number of carboxylic acid groups (broad SMARTS) is 2. The molecule has 3 aromatic carbocycles. The molecular formula is C39H46O8. The molecule has 0 aliphatic rings. The molecule has 3 rings (SSSR count). The third-order valence-corrected chi connectivity index (χ3v) is 6.74. The molecule has 0 bridgehead atoms. The monoisotopic (exact) mass is 642 g/mol. The van der Waals surface area contributed by atoms with E-state index in [1.807, 2.05) is 12.1 Å². The van der Waals surface area contributed by atoms with Gasteiger partial charge < -0.3 is 19.7 Å². The van der Waals surface area contributed by atoms with Crippen LogP contribution in [0.15, 0.2) is 121 Å². The Morgan fingerprint density at radius 1 is 0.766 bits per heavy atom. The number of rotatable bonds is 15. The Kier molecular flexibility index (Phi) is 19.6. The molecule has 0 aromatic heterocycles. The zero-order valence-electron chi connectivity index (χ0n) is 27.5. The van der Waals surface area contributed by atoms with Crippen molar-refractivity contribution in [3.63, 3.8) is 0 Å². The average molecular weight is 643 g/mol. The lowest BCUT2D eigenvalue weighted by Gasteiger charge is -2.19. The van der Waals surface area contributed by atoms with Crippen LogP contribution in [0.2, 0.25) is 0 Å². The Bertz CT molecular complexity index is 1400. The molecule has 8 heteroatoms. The summed E-state index contributed by atoms with van der Waals surface area (Å²) in [7, 11) is 1.33. The molecule has 0 amide bonds. The summed E-state index contributed by atoms with van der Waals surface area (Å²) in [6.45, 7) is 11.0. The first-order valence-electron chi connectivity index (χ1n) is 15.5. The van der Waals surface area contributed by atoms with E-state index < -0.39 is 17.9 Å². The molecule has 0 fully saturated rings. The molecule has 1 unspecified atom stereocenters. The summed E-state index contributed by atoms with van der Waals surface area (Å²) >= 11 is 0. The lowest BCUT2D eigenvalue weighted by atomic mass is 9.83. The van der Waals surface area contributed by atoms with E-state index in [0.717, 1.165) is 12.8 Å². The highest BCUT2D eigenvalue weighted by Gasteiger charge is 2.33. The van der Waals surface area contributed by atoms with Crippen molar-refractivity contribution in [2.75, 3.05) is 13.7 Å². The highest BCUT2D eigenvalue weighted by Crippen LogP contribution is 2.35. The largest absolute Gasteiger partial charge is 0.481 e. The van der Waals surface area contributed by atoms with Gasteiger partial charge in [-0.1, -0.05) is 143 Å². The fourth-order valence-corrected chi connectivity index (χ4v) is 4.43. The second-order valence-electron chi connectivity index (χ2n) is 10.4. The van der Waals surface area contributed by atoms with Gasteiger partial charge in [0.15, 0.2) is 0 Å². The van der Waals surface area contributed by atoms with Gasteiger partial charge in [-0.2, -0.15) is 0 Å². The van der Waals surface area contributed by atoms with Crippen LogP contribution in [0, 0.1) is 0 Å². The Morgan fingerprint density at radius 3 is 1.62 bits per heavy atom. The van der Waals surface area contributed by atoms with Crippen LogP contribution in [0.1, 0.15) is 75.0 Å².